The number of aromatic nitrogens is 1. The zero-order valence-corrected chi connectivity index (χ0v) is 11.3. The summed E-state index contributed by atoms with van der Waals surface area (Å²) < 4.78 is 32.6. The normalized spacial score (nSPS) is 18.1. The van der Waals surface area contributed by atoms with Crippen LogP contribution in [0, 0.1) is 11.6 Å². The summed E-state index contributed by atoms with van der Waals surface area (Å²) in [4.78, 5) is 4.46. The van der Waals surface area contributed by atoms with Gasteiger partial charge in [-0.1, -0.05) is 0 Å². The molecule has 2 aromatic rings. The van der Waals surface area contributed by atoms with E-state index in [2.05, 4.69) is 15.6 Å². The highest BCUT2D eigenvalue weighted by Crippen LogP contribution is 2.35. The molecule has 0 radical (unpaired) electrons. The van der Waals surface area contributed by atoms with Gasteiger partial charge in [0.25, 0.3) is 0 Å². The van der Waals surface area contributed by atoms with Crippen molar-refractivity contribution in [2.45, 2.75) is 12.6 Å². The molecule has 20 heavy (non-hydrogen) atoms. The van der Waals surface area contributed by atoms with Gasteiger partial charge in [-0.15, -0.1) is 0 Å². The van der Waals surface area contributed by atoms with Crippen molar-refractivity contribution in [3.63, 3.8) is 0 Å². The molecule has 4 nitrogen and oxygen atoms in total. The van der Waals surface area contributed by atoms with Gasteiger partial charge in [-0.3, -0.25) is 0 Å². The number of anilines is 1. The number of likely N-dealkylation sites (N-methyl/N-ethyl adjacent to an activating group) is 1. The van der Waals surface area contributed by atoms with Gasteiger partial charge in [-0.05, 0) is 24.6 Å². The largest absolute Gasteiger partial charge is 0.373 e. The molecule has 1 aliphatic rings. The molecule has 2 N–H and O–H groups in total. The highest BCUT2D eigenvalue weighted by molar-refractivity contribution is 5.95. The summed E-state index contributed by atoms with van der Waals surface area (Å²) in [5.41, 5.74) is 1.63. The molecule has 1 aromatic heterocycles. The lowest BCUT2D eigenvalue weighted by atomic mass is 9.96. The van der Waals surface area contributed by atoms with Crippen molar-refractivity contribution in [1.82, 2.24) is 10.3 Å². The number of hydrogen-bond acceptors (Lipinski definition) is 4. The molecule has 2 heterocycles. The molecule has 0 fully saturated rings. The fraction of sp³-hybridized carbons (Fsp3) is 0.357. The fourth-order valence-electron chi connectivity index (χ4n) is 2.65. The zero-order chi connectivity index (χ0) is 14.3. The first-order chi connectivity index (χ1) is 9.65. The predicted molar refractivity (Wildman–Crippen MR) is 72.7 cm³/mol. The van der Waals surface area contributed by atoms with Gasteiger partial charge in [0.1, 0.15) is 5.82 Å². The smallest absolute Gasteiger partial charge is 0.159 e. The molecule has 0 spiro atoms. The van der Waals surface area contributed by atoms with Crippen LogP contribution in [0.5, 0.6) is 0 Å². The van der Waals surface area contributed by atoms with Crippen molar-refractivity contribution in [2.75, 3.05) is 26.0 Å². The van der Waals surface area contributed by atoms with Gasteiger partial charge >= 0.3 is 0 Å². The van der Waals surface area contributed by atoms with E-state index in [9.17, 15) is 8.78 Å². The Morgan fingerprint density at radius 3 is 2.55 bits per heavy atom. The van der Waals surface area contributed by atoms with Crippen LogP contribution in [-0.4, -0.2) is 25.7 Å². The van der Waals surface area contributed by atoms with E-state index < -0.39 is 11.6 Å². The van der Waals surface area contributed by atoms with E-state index in [-0.39, 0.29) is 6.04 Å². The molecule has 1 atom stereocenters. The second kappa shape index (κ2) is 4.96. The Labute approximate surface area is 115 Å². The van der Waals surface area contributed by atoms with Crippen molar-refractivity contribution in [2.24, 2.45) is 0 Å². The van der Waals surface area contributed by atoms with Gasteiger partial charge in [-0.25, -0.2) is 13.8 Å². The number of nitrogens with zero attached hydrogens (tertiary/aromatic N) is 1. The van der Waals surface area contributed by atoms with Crippen LogP contribution in [0.25, 0.3) is 10.8 Å². The maximum Gasteiger partial charge on any atom is 0.159 e. The van der Waals surface area contributed by atoms with Crippen molar-refractivity contribution in [3.8, 4) is 0 Å². The minimum absolute atomic E-state index is 0.0792. The summed E-state index contributed by atoms with van der Waals surface area (Å²) in [6.07, 6.45) is 0. The molecule has 6 heteroatoms. The first-order valence-electron chi connectivity index (χ1n) is 6.40. The standard InChI is InChI=1S/C14H15F2N3O/c1-17-11-5-20-6-12-13(11)7-3-9(15)10(16)4-8(7)14(18-2)19-12/h3-4,11,17H,5-6H2,1-2H3,(H,18,19). The van der Waals surface area contributed by atoms with Crippen LogP contribution in [0.1, 0.15) is 17.3 Å². The SMILES string of the molecule is CNc1nc2c(c3cc(F)c(F)cc13)C(NC)COC2. The minimum atomic E-state index is -0.871. The average Bonchev–Trinajstić information content (AvgIpc) is 2.47. The Kier molecular flexibility index (Phi) is 3.27. The predicted octanol–water partition coefficient (Wildman–Crippen LogP) is 2.35. The van der Waals surface area contributed by atoms with Crippen LogP contribution in [-0.2, 0) is 11.3 Å². The van der Waals surface area contributed by atoms with Crippen molar-refractivity contribution < 1.29 is 13.5 Å². The monoisotopic (exact) mass is 279 g/mol. The molecule has 0 saturated carbocycles. The second-order valence-electron chi connectivity index (χ2n) is 4.74. The molecule has 3 rings (SSSR count). The lowest BCUT2D eigenvalue weighted by molar-refractivity contribution is 0.0821. The number of nitrogens with one attached hydrogen (secondary N) is 2. The molecule has 0 aliphatic carbocycles. The third kappa shape index (κ3) is 1.92. The van der Waals surface area contributed by atoms with E-state index >= 15 is 0 Å². The van der Waals surface area contributed by atoms with E-state index in [4.69, 9.17) is 4.74 Å². The van der Waals surface area contributed by atoms with Crippen LogP contribution < -0.4 is 10.6 Å². The molecular weight excluding hydrogens is 264 g/mol. The third-order valence-corrected chi connectivity index (χ3v) is 3.62. The van der Waals surface area contributed by atoms with Crippen LogP contribution in [0.3, 0.4) is 0 Å². The summed E-state index contributed by atoms with van der Waals surface area (Å²) in [7, 11) is 3.51. The van der Waals surface area contributed by atoms with Gasteiger partial charge in [0.15, 0.2) is 11.6 Å². The van der Waals surface area contributed by atoms with E-state index in [1.807, 2.05) is 0 Å². The highest BCUT2D eigenvalue weighted by Gasteiger charge is 2.25. The Bertz CT molecular complexity index is 675. The van der Waals surface area contributed by atoms with Crippen LogP contribution in [0.4, 0.5) is 14.6 Å². The van der Waals surface area contributed by atoms with Gasteiger partial charge in [0, 0.05) is 18.0 Å². The molecule has 1 unspecified atom stereocenters. The van der Waals surface area contributed by atoms with Crippen molar-refractivity contribution in [1.29, 1.82) is 0 Å². The van der Waals surface area contributed by atoms with Gasteiger partial charge < -0.3 is 15.4 Å². The number of ether oxygens (including phenoxy) is 1. The van der Waals surface area contributed by atoms with E-state index in [0.29, 0.717) is 29.8 Å². The zero-order valence-electron chi connectivity index (χ0n) is 11.3. The number of fused-ring (bicyclic) bond motifs is 3. The lowest BCUT2D eigenvalue weighted by Gasteiger charge is -2.27. The summed E-state index contributed by atoms with van der Waals surface area (Å²) in [6.45, 7) is 0.856. The first kappa shape index (κ1) is 13.2. The quantitative estimate of drug-likeness (QED) is 0.886. The van der Waals surface area contributed by atoms with Crippen LogP contribution in [0.2, 0.25) is 0 Å². The van der Waals surface area contributed by atoms with E-state index in [0.717, 1.165) is 11.3 Å². The minimum Gasteiger partial charge on any atom is -0.373 e. The Morgan fingerprint density at radius 1 is 1.20 bits per heavy atom. The Hall–Kier alpha value is -1.79. The molecule has 1 aromatic carbocycles. The van der Waals surface area contributed by atoms with Gasteiger partial charge in [0.05, 0.1) is 24.9 Å². The highest BCUT2D eigenvalue weighted by atomic mass is 19.2. The number of pyridine rings is 1. The summed E-state index contributed by atoms with van der Waals surface area (Å²) in [5, 5.41) is 7.29. The summed E-state index contributed by atoms with van der Waals surface area (Å²) >= 11 is 0. The average molecular weight is 279 g/mol. The molecule has 106 valence electrons. The summed E-state index contributed by atoms with van der Waals surface area (Å²) in [5.74, 6) is -1.20. The maximum absolute atomic E-state index is 13.6. The van der Waals surface area contributed by atoms with E-state index in [1.165, 1.54) is 12.1 Å². The molecule has 0 saturated heterocycles. The first-order valence-corrected chi connectivity index (χ1v) is 6.40. The summed E-state index contributed by atoms with van der Waals surface area (Å²) in [6, 6.07) is 2.35. The van der Waals surface area contributed by atoms with Gasteiger partial charge in [0.2, 0.25) is 0 Å². The fourth-order valence-corrected chi connectivity index (χ4v) is 2.65. The third-order valence-electron chi connectivity index (χ3n) is 3.62. The topological polar surface area (TPSA) is 46.2 Å². The maximum atomic E-state index is 13.6. The number of hydrogen-bond donors (Lipinski definition) is 2. The Morgan fingerprint density at radius 2 is 1.90 bits per heavy atom. The van der Waals surface area contributed by atoms with Crippen LogP contribution >= 0.6 is 0 Å². The molecule has 1 aliphatic heterocycles. The van der Waals surface area contributed by atoms with Crippen molar-refractivity contribution in [3.05, 3.63) is 35.0 Å². The number of benzene rings is 1. The lowest BCUT2D eigenvalue weighted by Crippen LogP contribution is -2.28. The van der Waals surface area contributed by atoms with Crippen molar-refractivity contribution >= 4 is 16.6 Å². The van der Waals surface area contributed by atoms with Crippen LogP contribution in [0.15, 0.2) is 12.1 Å². The molecule has 0 bridgehead atoms. The number of rotatable bonds is 2. The Balaban J connectivity index is 2.38. The number of halogens is 2. The molecule has 0 amide bonds. The second-order valence-corrected chi connectivity index (χ2v) is 4.74. The molecular formula is C14H15F2N3O. The van der Waals surface area contributed by atoms with E-state index in [1.54, 1.807) is 14.1 Å². The van der Waals surface area contributed by atoms with Gasteiger partial charge in [-0.2, -0.15) is 0 Å².